The van der Waals surface area contributed by atoms with Crippen LogP contribution >= 0.6 is 0 Å². The number of hydrogen-bond donors (Lipinski definition) is 1. The second kappa shape index (κ2) is 6.20. The third-order valence-corrected chi connectivity index (χ3v) is 4.04. The number of hydrogen-bond acceptors (Lipinski definition) is 4. The van der Waals surface area contributed by atoms with Gasteiger partial charge in [0.1, 0.15) is 0 Å². The van der Waals surface area contributed by atoms with E-state index in [2.05, 4.69) is 10.3 Å². The van der Waals surface area contributed by atoms with Crippen LogP contribution in [0.25, 0.3) is 5.69 Å². The van der Waals surface area contributed by atoms with Crippen LogP contribution in [0.3, 0.4) is 0 Å². The smallest absolute Gasteiger partial charge is 0.308 e. The van der Waals surface area contributed by atoms with Crippen molar-refractivity contribution in [1.29, 1.82) is 0 Å². The topological polar surface area (TPSA) is 88.3 Å². The fourth-order valence-electron chi connectivity index (χ4n) is 2.78. The summed E-state index contributed by atoms with van der Waals surface area (Å²) in [6, 6.07) is 7.73. The predicted octanol–water partition coefficient (Wildman–Crippen LogP) is 1.51. The Morgan fingerprint density at radius 3 is 2.91 bits per heavy atom. The van der Waals surface area contributed by atoms with E-state index in [9.17, 15) is 9.59 Å². The molecule has 3 rings (SSSR count). The van der Waals surface area contributed by atoms with Crippen molar-refractivity contribution in [3.63, 3.8) is 0 Å². The highest BCUT2D eigenvalue weighted by Gasteiger charge is 2.29. The molecule has 1 fully saturated rings. The number of likely N-dealkylation sites (tertiary alicyclic amines) is 1. The molecule has 120 valence electrons. The molecule has 1 saturated heterocycles. The highest BCUT2D eigenvalue weighted by Crippen LogP contribution is 2.18. The minimum absolute atomic E-state index is 0.228. The summed E-state index contributed by atoms with van der Waals surface area (Å²) >= 11 is 0. The van der Waals surface area contributed by atoms with E-state index in [1.54, 1.807) is 15.8 Å². The van der Waals surface area contributed by atoms with Gasteiger partial charge in [0.2, 0.25) is 0 Å². The molecule has 1 aliphatic heterocycles. The number of piperidine rings is 1. The second-order valence-electron chi connectivity index (χ2n) is 5.82. The minimum Gasteiger partial charge on any atom is -0.481 e. The van der Waals surface area contributed by atoms with Gasteiger partial charge in [-0.3, -0.25) is 9.59 Å². The number of rotatable bonds is 3. The number of carboxylic acids is 1. The summed E-state index contributed by atoms with van der Waals surface area (Å²) < 4.78 is 1.55. The predicted molar refractivity (Wildman–Crippen MR) is 82.4 cm³/mol. The van der Waals surface area contributed by atoms with E-state index < -0.39 is 11.9 Å². The molecule has 1 amide bonds. The monoisotopic (exact) mass is 314 g/mol. The van der Waals surface area contributed by atoms with Gasteiger partial charge in [0.05, 0.1) is 17.8 Å². The van der Waals surface area contributed by atoms with Crippen LogP contribution in [-0.4, -0.2) is 50.0 Å². The quantitative estimate of drug-likeness (QED) is 0.928. The Bertz CT molecular complexity index is 740. The number of aromatic nitrogens is 3. The van der Waals surface area contributed by atoms with Gasteiger partial charge in [0.15, 0.2) is 5.69 Å². The molecule has 0 radical (unpaired) electrons. The second-order valence-corrected chi connectivity index (χ2v) is 5.82. The molecule has 23 heavy (non-hydrogen) atoms. The van der Waals surface area contributed by atoms with Crippen LogP contribution in [-0.2, 0) is 4.79 Å². The van der Waals surface area contributed by atoms with Gasteiger partial charge in [-0.15, -0.1) is 5.10 Å². The Balaban J connectivity index is 1.77. The van der Waals surface area contributed by atoms with Crippen LogP contribution in [0.5, 0.6) is 0 Å². The van der Waals surface area contributed by atoms with Crippen LogP contribution in [0.2, 0.25) is 0 Å². The molecule has 2 heterocycles. The number of carbonyl (C=O) groups is 2. The lowest BCUT2D eigenvalue weighted by atomic mass is 9.98. The van der Waals surface area contributed by atoms with Crippen molar-refractivity contribution in [1.82, 2.24) is 19.9 Å². The van der Waals surface area contributed by atoms with Crippen molar-refractivity contribution in [3.8, 4) is 5.69 Å². The number of benzene rings is 1. The van der Waals surface area contributed by atoms with Gasteiger partial charge in [0.25, 0.3) is 5.91 Å². The zero-order valence-corrected chi connectivity index (χ0v) is 12.8. The molecule has 7 nitrogen and oxygen atoms in total. The molecule has 0 bridgehead atoms. The maximum atomic E-state index is 12.5. The first-order chi connectivity index (χ1) is 11.0. The summed E-state index contributed by atoms with van der Waals surface area (Å²) in [5.74, 6) is -1.62. The van der Waals surface area contributed by atoms with Crippen LogP contribution in [0.15, 0.2) is 30.5 Å². The third kappa shape index (κ3) is 3.23. The molecule has 0 aliphatic carbocycles. The molecular formula is C16H18N4O3. The van der Waals surface area contributed by atoms with Gasteiger partial charge >= 0.3 is 5.97 Å². The molecule has 2 aromatic rings. The summed E-state index contributed by atoms with van der Waals surface area (Å²) in [6.45, 7) is 2.76. The summed E-state index contributed by atoms with van der Waals surface area (Å²) in [5.41, 5.74) is 2.15. The number of amides is 1. The zero-order valence-electron chi connectivity index (χ0n) is 12.8. The first kappa shape index (κ1) is 15.2. The Morgan fingerprint density at radius 2 is 2.17 bits per heavy atom. The van der Waals surface area contributed by atoms with Gasteiger partial charge in [-0.2, -0.15) is 0 Å². The van der Waals surface area contributed by atoms with E-state index in [4.69, 9.17) is 5.11 Å². The first-order valence-corrected chi connectivity index (χ1v) is 7.56. The van der Waals surface area contributed by atoms with Gasteiger partial charge in [0, 0.05) is 13.1 Å². The molecule has 1 aromatic heterocycles. The lowest BCUT2D eigenvalue weighted by Crippen LogP contribution is -2.42. The largest absolute Gasteiger partial charge is 0.481 e. The van der Waals surface area contributed by atoms with Crippen LogP contribution in [0.4, 0.5) is 0 Å². The number of aliphatic carboxylic acids is 1. The highest BCUT2D eigenvalue weighted by molar-refractivity contribution is 5.92. The lowest BCUT2D eigenvalue weighted by Gasteiger charge is -2.29. The van der Waals surface area contributed by atoms with Crippen molar-refractivity contribution in [2.75, 3.05) is 13.1 Å². The van der Waals surface area contributed by atoms with Crippen molar-refractivity contribution < 1.29 is 14.7 Å². The lowest BCUT2D eigenvalue weighted by molar-refractivity contribution is -0.143. The number of aryl methyl sites for hydroxylation is 1. The molecular weight excluding hydrogens is 296 g/mol. The maximum absolute atomic E-state index is 12.5. The zero-order chi connectivity index (χ0) is 16.4. The Hall–Kier alpha value is -2.70. The Morgan fingerprint density at radius 1 is 1.35 bits per heavy atom. The first-order valence-electron chi connectivity index (χ1n) is 7.56. The van der Waals surface area contributed by atoms with Gasteiger partial charge < -0.3 is 10.0 Å². The van der Waals surface area contributed by atoms with Crippen LogP contribution in [0, 0.1) is 12.8 Å². The Labute approximate surface area is 133 Å². The van der Waals surface area contributed by atoms with E-state index in [0.717, 1.165) is 11.3 Å². The van der Waals surface area contributed by atoms with Crippen molar-refractivity contribution in [2.24, 2.45) is 5.92 Å². The van der Waals surface area contributed by atoms with E-state index in [0.29, 0.717) is 19.4 Å². The molecule has 1 aliphatic rings. The van der Waals surface area contributed by atoms with Crippen molar-refractivity contribution in [3.05, 3.63) is 41.7 Å². The van der Waals surface area contributed by atoms with Crippen molar-refractivity contribution in [2.45, 2.75) is 19.8 Å². The summed E-state index contributed by atoms with van der Waals surface area (Å²) in [4.78, 5) is 25.2. The number of carboxylic acid groups (broad SMARTS) is 1. The van der Waals surface area contributed by atoms with Crippen LogP contribution in [0.1, 0.15) is 28.9 Å². The summed E-state index contributed by atoms with van der Waals surface area (Å²) in [6.07, 6.45) is 2.88. The molecule has 1 atom stereocenters. The molecule has 0 unspecified atom stereocenters. The van der Waals surface area contributed by atoms with E-state index in [-0.39, 0.29) is 18.1 Å². The van der Waals surface area contributed by atoms with Crippen LogP contribution < -0.4 is 0 Å². The third-order valence-electron chi connectivity index (χ3n) is 4.04. The molecule has 0 spiro atoms. The summed E-state index contributed by atoms with van der Waals surface area (Å²) in [5, 5.41) is 17.1. The van der Waals surface area contributed by atoms with Gasteiger partial charge in [-0.25, -0.2) is 4.68 Å². The molecule has 7 heteroatoms. The molecule has 1 N–H and O–H groups in total. The maximum Gasteiger partial charge on any atom is 0.308 e. The van der Waals surface area contributed by atoms with Gasteiger partial charge in [-0.05, 0) is 37.5 Å². The molecule has 0 saturated carbocycles. The normalized spacial score (nSPS) is 18.0. The fraction of sp³-hybridized carbons (Fsp3) is 0.375. The standard InChI is InChI=1S/C16H18N4O3/c1-11-4-2-6-13(8-11)20-10-14(17-18-20)15(21)19-7-3-5-12(9-19)16(22)23/h2,4,6,8,10,12H,3,5,7,9H2,1H3,(H,22,23)/t12-/m1/s1. The highest BCUT2D eigenvalue weighted by atomic mass is 16.4. The average molecular weight is 314 g/mol. The summed E-state index contributed by atoms with van der Waals surface area (Å²) in [7, 11) is 0. The molecule has 1 aromatic carbocycles. The van der Waals surface area contributed by atoms with Gasteiger partial charge in [-0.1, -0.05) is 17.3 Å². The fourth-order valence-corrected chi connectivity index (χ4v) is 2.78. The number of carbonyl (C=O) groups excluding carboxylic acids is 1. The average Bonchev–Trinajstić information content (AvgIpc) is 3.04. The Kier molecular flexibility index (Phi) is 4.10. The van der Waals surface area contributed by atoms with E-state index in [1.807, 2.05) is 31.2 Å². The van der Waals surface area contributed by atoms with E-state index in [1.165, 1.54) is 0 Å². The SMILES string of the molecule is Cc1cccc(-n2cc(C(=O)N3CCC[C@@H](C(=O)O)C3)nn2)c1. The van der Waals surface area contributed by atoms with E-state index >= 15 is 0 Å². The minimum atomic E-state index is -0.856. The van der Waals surface area contributed by atoms with Crippen molar-refractivity contribution >= 4 is 11.9 Å². The number of nitrogens with zero attached hydrogens (tertiary/aromatic N) is 4.